The SMILES string of the molecule is CN(CCN1CCCC1)C(=O)C1Cc2ccccc2N1. The molecule has 4 nitrogen and oxygen atoms in total. The predicted molar refractivity (Wildman–Crippen MR) is 80.9 cm³/mol. The van der Waals surface area contributed by atoms with Gasteiger partial charge in [-0.2, -0.15) is 0 Å². The van der Waals surface area contributed by atoms with Crippen molar-refractivity contribution in [3.63, 3.8) is 0 Å². The van der Waals surface area contributed by atoms with Crippen LogP contribution in [0.4, 0.5) is 5.69 Å². The van der Waals surface area contributed by atoms with Crippen LogP contribution in [0, 0.1) is 0 Å². The lowest BCUT2D eigenvalue weighted by molar-refractivity contribution is -0.130. The molecule has 2 heterocycles. The summed E-state index contributed by atoms with van der Waals surface area (Å²) in [6, 6.07) is 8.10. The maximum atomic E-state index is 12.5. The Kier molecular flexibility index (Phi) is 3.92. The van der Waals surface area contributed by atoms with Gasteiger partial charge in [-0.3, -0.25) is 4.79 Å². The molecule has 1 N–H and O–H groups in total. The van der Waals surface area contributed by atoms with Crippen LogP contribution < -0.4 is 5.32 Å². The van der Waals surface area contributed by atoms with Crippen LogP contribution >= 0.6 is 0 Å². The van der Waals surface area contributed by atoms with Crippen molar-refractivity contribution in [2.45, 2.75) is 25.3 Å². The summed E-state index contributed by atoms with van der Waals surface area (Å²) in [6.45, 7) is 4.21. The second-order valence-electron chi connectivity index (χ2n) is 5.87. The van der Waals surface area contributed by atoms with Crippen LogP contribution in [-0.4, -0.2) is 55.0 Å². The molecule has 4 heteroatoms. The average molecular weight is 273 g/mol. The molecule has 108 valence electrons. The van der Waals surface area contributed by atoms with E-state index in [4.69, 9.17) is 0 Å². The Bertz CT molecular complexity index is 457. The van der Waals surface area contributed by atoms with E-state index in [9.17, 15) is 4.79 Å². The molecule has 0 bridgehead atoms. The number of para-hydroxylation sites is 1. The normalized spacial score (nSPS) is 21.6. The fraction of sp³-hybridized carbons (Fsp3) is 0.562. The highest BCUT2D eigenvalue weighted by Crippen LogP contribution is 2.25. The number of hydrogen-bond donors (Lipinski definition) is 1. The molecular weight excluding hydrogens is 250 g/mol. The summed E-state index contributed by atoms with van der Waals surface area (Å²) in [5, 5.41) is 3.34. The summed E-state index contributed by atoms with van der Waals surface area (Å²) in [6.07, 6.45) is 3.41. The molecule has 1 unspecified atom stereocenters. The van der Waals surface area contributed by atoms with Crippen molar-refractivity contribution < 1.29 is 4.79 Å². The molecule has 1 fully saturated rings. The highest BCUT2D eigenvalue weighted by molar-refractivity contribution is 5.87. The van der Waals surface area contributed by atoms with Crippen LogP contribution in [0.5, 0.6) is 0 Å². The van der Waals surface area contributed by atoms with Gasteiger partial charge in [0.25, 0.3) is 0 Å². The molecule has 0 saturated carbocycles. The van der Waals surface area contributed by atoms with E-state index in [2.05, 4.69) is 16.3 Å². The Balaban J connectivity index is 1.51. The van der Waals surface area contributed by atoms with Crippen LogP contribution in [0.1, 0.15) is 18.4 Å². The minimum absolute atomic E-state index is 0.0871. The van der Waals surface area contributed by atoms with Gasteiger partial charge in [0.1, 0.15) is 6.04 Å². The Morgan fingerprint density at radius 3 is 2.85 bits per heavy atom. The Morgan fingerprint density at radius 1 is 1.35 bits per heavy atom. The summed E-state index contributed by atoms with van der Waals surface area (Å²) < 4.78 is 0. The molecular formula is C16H23N3O. The van der Waals surface area contributed by atoms with Gasteiger partial charge in [-0.05, 0) is 37.6 Å². The van der Waals surface area contributed by atoms with Gasteiger partial charge in [0.05, 0.1) is 0 Å². The van der Waals surface area contributed by atoms with Crippen LogP contribution in [-0.2, 0) is 11.2 Å². The number of hydrogen-bond acceptors (Lipinski definition) is 3. The lowest BCUT2D eigenvalue weighted by atomic mass is 10.1. The van der Waals surface area contributed by atoms with Crippen molar-refractivity contribution in [2.75, 3.05) is 38.5 Å². The van der Waals surface area contributed by atoms with Crippen molar-refractivity contribution in [1.82, 2.24) is 9.80 Å². The number of nitrogens with zero attached hydrogens (tertiary/aromatic N) is 2. The van der Waals surface area contributed by atoms with Crippen LogP contribution in [0.3, 0.4) is 0 Å². The van der Waals surface area contributed by atoms with E-state index >= 15 is 0 Å². The van der Waals surface area contributed by atoms with Gasteiger partial charge >= 0.3 is 0 Å². The zero-order valence-corrected chi connectivity index (χ0v) is 12.1. The van der Waals surface area contributed by atoms with Crippen molar-refractivity contribution in [3.05, 3.63) is 29.8 Å². The molecule has 3 rings (SSSR count). The molecule has 0 aromatic heterocycles. The van der Waals surface area contributed by atoms with Gasteiger partial charge in [-0.1, -0.05) is 18.2 Å². The Hall–Kier alpha value is -1.55. The van der Waals surface area contributed by atoms with Crippen LogP contribution in [0.15, 0.2) is 24.3 Å². The molecule has 20 heavy (non-hydrogen) atoms. The maximum Gasteiger partial charge on any atom is 0.245 e. The zero-order chi connectivity index (χ0) is 13.9. The second kappa shape index (κ2) is 5.83. The summed E-state index contributed by atoms with van der Waals surface area (Å²) in [4.78, 5) is 16.8. The number of benzene rings is 1. The van der Waals surface area contributed by atoms with Gasteiger partial charge in [0, 0.05) is 32.2 Å². The minimum Gasteiger partial charge on any atom is -0.373 e. The number of anilines is 1. The molecule has 1 aromatic carbocycles. The maximum absolute atomic E-state index is 12.5. The van der Waals surface area contributed by atoms with Gasteiger partial charge in [-0.25, -0.2) is 0 Å². The molecule has 0 spiro atoms. The predicted octanol–water partition coefficient (Wildman–Crippen LogP) is 1.58. The van der Waals surface area contributed by atoms with Crippen molar-refractivity contribution >= 4 is 11.6 Å². The average Bonchev–Trinajstić information content (AvgIpc) is 3.12. The zero-order valence-electron chi connectivity index (χ0n) is 12.1. The van der Waals surface area contributed by atoms with Gasteiger partial charge in [-0.15, -0.1) is 0 Å². The van der Waals surface area contributed by atoms with E-state index < -0.39 is 0 Å². The van der Waals surface area contributed by atoms with Crippen molar-refractivity contribution in [3.8, 4) is 0 Å². The fourth-order valence-corrected chi connectivity index (χ4v) is 3.12. The third-order valence-electron chi connectivity index (χ3n) is 4.40. The van der Waals surface area contributed by atoms with E-state index in [-0.39, 0.29) is 11.9 Å². The first kappa shape index (κ1) is 13.4. The number of rotatable bonds is 4. The van der Waals surface area contributed by atoms with Gasteiger partial charge in [0.15, 0.2) is 0 Å². The number of carbonyl (C=O) groups excluding carboxylic acids is 1. The number of likely N-dealkylation sites (N-methyl/N-ethyl adjacent to an activating group) is 1. The summed E-state index contributed by atoms with van der Waals surface area (Å²) >= 11 is 0. The van der Waals surface area contributed by atoms with Crippen LogP contribution in [0.2, 0.25) is 0 Å². The largest absolute Gasteiger partial charge is 0.373 e. The molecule has 1 saturated heterocycles. The highest BCUT2D eigenvalue weighted by Gasteiger charge is 2.28. The van der Waals surface area contributed by atoms with Gasteiger partial charge in [0.2, 0.25) is 5.91 Å². The third-order valence-corrected chi connectivity index (χ3v) is 4.40. The molecule has 2 aliphatic rings. The minimum atomic E-state index is -0.0871. The number of carbonyl (C=O) groups is 1. The second-order valence-corrected chi connectivity index (χ2v) is 5.87. The number of fused-ring (bicyclic) bond motifs is 1. The first-order valence-corrected chi connectivity index (χ1v) is 7.56. The molecule has 1 atom stereocenters. The van der Waals surface area contributed by atoms with E-state index in [0.717, 1.165) is 25.2 Å². The molecule has 1 aromatic rings. The first-order valence-electron chi connectivity index (χ1n) is 7.56. The third kappa shape index (κ3) is 2.80. The topological polar surface area (TPSA) is 35.6 Å². The first-order chi connectivity index (χ1) is 9.74. The lowest BCUT2D eigenvalue weighted by Gasteiger charge is -2.24. The smallest absolute Gasteiger partial charge is 0.245 e. The number of nitrogens with one attached hydrogen (secondary N) is 1. The standard InChI is InChI=1S/C16H23N3O/c1-18(10-11-19-8-4-5-9-19)16(20)15-12-13-6-2-3-7-14(13)17-15/h2-3,6-7,15,17H,4-5,8-12H2,1H3. The monoisotopic (exact) mass is 273 g/mol. The number of amides is 1. The summed E-state index contributed by atoms with van der Waals surface area (Å²) in [5.41, 5.74) is 2.36. The van der Waals surface area contributed by atoms with Crippen LogP contribution in [0.25, 0.3) is 0 Å². The quantitative estimate of drug-likeness (QED) is 0.904. The van der Waals surface area contributed by atoms with E-state index in [1.54, 1.807) is 0 Å². The van der Waals surface area contributed by atoms with E-state index in [0.29, 0.717) is 0 Å². The van der Waals surface area contributed by atoms with E-state index in [1.165, 1.54) is 31.5 Å². The molecule has 0 aliphatic carbocycles. The van der Waals surface area contributed by atoms with Gasteiger partial charge < -0.3 is 15.1 Å². The Morgan fingerprint density at radius 2 is 2.10 bits per heavy atom. The van der Waals surface area contributed by atoms with Crippen molar-refractivity contribution in [1.29, 1.82) is 0 Å². The number of likely N-dealkylation sites (tertiary alicyclic amines) is 1. The van der Waals surface area contributed by atoms with E-state index in [1.807, 2.05) is 30.1 Å². The van der Waals surface area contributed by atoms with Crippen molar-refractivity contribution in [2.24, 2.45) is 0 Å². The highest BCUT2D eigenvalue weighted by atomic mass is 16.2. The summed E-state index contributed by atoms with van der Waals surface area (Å²) in [7, 11) is 1.92. The fourth-order valence-electron chi connectivity index (χ4n) is 3.12. The molecule has 1 amide bonds. The molecule has 0 radical (unpaired) electrons. The molecule has 2 aliphatic heterocycles. The summed E-state index contributed by atoms with van der Waals surface area (Å²) in [5.74, 6) is 0.209. The Labute approximate surface area is 120 Å². The lowest BCUT2D eigenvalue weighted by Crippen LogP contribution is -2.43.